The highest BCUT2D eigenvalue weighted by atomic mass is 79.9. The molecule has 2 saturated heterocycles. The van der Waals surface area contributed by atoms with E-state index in [4.69, 9.17) is 14.2 Å². The van der Waals surface area contributed by atoms with Crippen LogP contribution in [0.4, 0.5) is 0 Å². The Hall–Kier alpha value is 0.840. The van der Waals surface area contributed by atoms with E-state index in [-0.39, 0.29) is 0 Å². The summed E-state index contributed by atoms with van der Waals surface area (Å²) in [6, 6.07) is 0. The van der Waals surface area contributed by atoms with Crippen LogP contribution in [0.2, 0.25) is 0 Å². The average molecular weight is 512 g/mol. The van der Waals surface area contributed by atoms with Gasteiger partial charge < -0.3 is 14.2 Å². The van der Waals surface area contributed by atoms with Gasteiger partial charge in [0.1, 0.15) is 0 Å². The first-order valence-corrected chi connectivity index (χ1v) is 13.4. The Kier molecular flexibility index (Phi) is 11.2. The molecule has 0 bridgehead atoms. The molecule has 4 atom stereocenters. The molecule has 2 aliphatic heterocycles. The summed E-state index contributed by atoms with van der Waals surface area (Å²) in [5.41, 5.74) is 0. The highest BCUT2D eigenvalue weighted by Gasteiger charge is 2.45. The van der Waals surface area contributed by atoms with Crippen molar-refractivity contribution >= 4 is 31.9 Å². The molecule has 0 spiro atoms. The normalized spacial score (nSPS) is 31.6. The smallest absolute Gasteiger partial charge is 0.171 e. The Morgan fingerprint density at radius 1 is 0.741 bits per heavy atom. The van der Waals surface area contributed by atoms with E-state index in [2.05, 4.69) is 45.7 Å². The SMILES string of the molecule is CC(CCBr)CCC1(OC2(CCC(C)CCBr)CCCCO2)CCCCO1. The van der Waals surface area contributed by atoms with E-state index in [9.17, 15) is 0 Å². The molecule has 0 radical (unpaired) electrons. The zero-order chi connectivity index (χ0) is 19.6. The number of rotatable bonds is 12. The van der Waals surface area contributed by atoms with Gasteiger partial charge in [0.05, 0.1) is 13.2 Å². The Morgan fingerprint density at radius 2 is 1.19 bits per heavy atom. The maximum atomic E-state index is 6.90. The third kappa shape index (κ3) is 8.24. The second-order valence-electron chi connectivity index (χ2n) is 8.78. The van der Waals surface area contributed by atoms with Gasteiger partial charge in [-0.25, -0.2) is 0 Å². The van der Waals surface area contributed by atoms with Crippen LogP contribution in [0.15, 0.2) is 0 Å². The van der Waals surface area contributed by atoms with Gasteiger partial charge in [-0.3, -0.25) is 0 Å². The predicted molar refractivity (Wildman–Crippen MR) is 120 cm³/mol. The van der Waals surface area contributed by atoms with Crippen molar-refractivity contribution in [3.63, 3.8) is 0 Å². The van der Waals surface area contributed by atoms with Crippen molar-refractivity contribution in [2.75, 3.05) is 23.9 Å². The second-order valence-corrected chi connectivity index (χ2v) is 10.4. The Balaban J connectivity index is 2.04. The summed E-state index contributed by atoms with van der Waals surface area (Å²) < 4.78 is 19.6. The van der Waals surface area contributed by atoms with Crippen molar-refractivity contribution in [2.45, 2.75) is 102 Å². The molecule has 0 saturated carbocycles. The van der Waals surface area contributed by atoms with Gasteiger partial charge in [-0.15, -0.1) is 0 Å². The number of hydrogen-bond donors (Lipinski definition) is 0. The van der Waals surface area contributed by atoms with Gasteiger partial charge in [-0.2, -0.15) is 0 Å². The lowest BCUT2D eigenvalue weighted by molar-refractivity contribution is -0.381. The van der Waals surface area contributed by atoms with E-state index < -0.39 is 11.6 Å². The minimum atomic E-state index is -0.436. The molecule has 0 aliphatic carbocycles. The summed E-state index contributed by atoms with van der Waals surface area (Å²) in [5, 5.41) is 2.14. The fourth-order valence-corrected chi connectivity index (χ4v) is 5.81. The van der Waals surface area contributed by atoms with E-state index in [0.29, 0.717) is 11.8 Å². The van der Waals surface area contributed by atoms with Crippen LogP contribution in [0, 0.1) is 11.8 Å². The molecule has 5 heteroatoms. The van der Waals surface area contributed by atoms with Gasteiger partial charge in [-0.05, 0) is 63.2 Å². The van der Waals surface area contributed by atoms with Gasteiger partial charge in [0, 0.05) is 36.3 Å². The van der Waals surface area contributed by atoms with Gasteiger partial charge in [0.15, 0.2) is 11.6 Å². The molecule has 0 aromatic heterocycles. The van der Waals surface area contributed by atoms with Crippen molar-refractivity contribution in [1.29, 1.82) is 0 Å². The van der Waals surface area contributed by atoms with E-state index in [0.717, 1.165) is 75.2 Å². The molecule has 3 nitrogen and oxygen atoms in total. The van der Waals surface area contributed by atoms with Crippen molar-refractivity contribution in [3.8, 4) is 0 Å². The molecule has 2 aliphatic rings. The summed E-state index contributed by atoms with van der Waals surface area (Å²) in [7, 11) is 0. The van der Waals surface area contributed by atoms with Crippen LogP contribution in [0.1, 0.15) is 90.9 Å². The number of hydrogen-bond acceptors (Lipinski definition) is 3. The molecule has 0 N–H and O–H groups in total. The van der Waals surface area contributed by atoms with Gasteiger partial charge >= 0.3 is 0 Å². The van der Waals surface area contributed by atoms with Crippen molar-refractivity contribution < 1.29 is 14.2 Å². The zero-order valence-electron chi connectivity index (χ0n) is 17.4. The molecule has 160 valence electrons. The van der Waals surface area contributed by atoms with Gasteiger partial charge in [0.2, 0.25) is 0 Å². The van der Waals surface area contributed by atoms with Gasteiger partial charge in [0.25, 0.3) is 0 Å². The summed E-state index contributed by atoms with van der Waals surface area (Å²) in [4.78, 5) is 0. The molecule has 2 heterocycles. The molecule has 0 aromatic rings. The Morgan fingerprint density at radius 3 is 1.52 bits per heavy atom. The number of ether oxygens (including phenoxy) is 3. The van der Waals surface area contributed by atoms with Gasteiger partial charge in [-0.1, -0.05) is 45.7 Å². The second kappa shape index (κ2) is 12.5. The minimum Gasteiger partial charge on any atom is -0.350 e. The van der Waals surface area contributed by atoms with Crippen LogP contribution in [-0.2, 0) is 14.2 Å². The summed E-state index contributed by atoms with van der Waals surface area (Å²) >= 11 is 7.16. The first-order valence-electron chi connectivity index (χ1n) is 11.1. The highest BCUT2D eigenvalue weighted by Crippen LogP contribution is 2.42. The molecular weight excluding hydrogens is 472 g/mol. The first-order chi connectivity index (χ1) is 13.0. The summed E-state index contributed by atoms with van der Waals surface area (Å²) in [5.74, 6) is 0.513. The van der Waals surface area contributed by atoms with Crippen LogP contribution in [0.3, 0.4) is 0 Å². The minimum absolute atomic E-state index is 0.436. The largest absolute Gasteiger partial charge is 0.350 e. The van der Waals surface area contributed by atoms with Crippen LogP contribution >= 0.6 is 31.9 Å². The maximum Gasteiger partial charge on any atom is 0.171 e. The van der Waals surface area contributed by atoms with Crippen LogP contribution < -0.4 is 0 Å². The third-order valence-electron chi connectivity index (χ3n) is 6.25. The topological polar surface area (TPSA) is 27.7 Å². The molecule has 27 heavy (non-hydrogen) atoms. The van der Waals surface area contributed by atoms with E-state index in [1.807, 2.05) is 0 Å². The fraction of sp³-hybridized carbons (Fsp3) is 1.00. The molecular formula is C22H40Br2O3. The van der Waals surface area contributed by atoms with E-state index in [1.165, 1.54) is 25.7 Å². The molecule has 2 rings (SSSR count). The molecule has 4 unspecified atom stereocenters. The van der Waals surface area contributed by atoms with Crippen LogP contribution in [-0.4, -0.2) is 35.4 Å². The van der Waals surface area contributed by atoms with Crippen molar-refractivity contribution in [1.82, 2.24) is 0 Å². The summed E-state index contributed by atoms with van der Waals surface area (Å²) in [6.45, 7) is 6.32. The molecule has 0 aromatic carbocycles. The van der Waals surface area contributed by atoms with E-state index >= 15 is 0 Å². The maximum absolute atomic E-state index is 6.90. The average Bonchev–Trinajstić information content (AvgIpc) is 2.67. The Labute approximate surface area is 183 Å². The monoisotopic (exact) mass is 510 g/mol. The summed E-state index contributed by atoms with van der Waals surface area (Å²) in [6.07, 6.45) is 13.4. The quantitative estimate of drug-likeness (QED) is 0.259. The van der Waals surface area contributed by atoms with Crippen LogP contribution in [0.25, 0.3) is 0 Å². The van der Waals surface area contributed by atoms with Crippen molar-refractivity contribution in [3.05, 3.63) is 0 Å². The van der Waals surface area contributed by atoms with E-state index in [1.54, 1.807) is 0 Å². The molecule has 0 amide bonds. The Bertz CT molecular complexity index is 357. The number of halogens is 2. The van der Waals surface area contributed by atoms with Crippen LogP contribution in [0.5, 0.6) is 0 Å². The third-order valence-corrected chi connectivity index (χ3v) is 7.16. The van der Waals surface area contributed by atoms with Crippen molar-refractivity contribution in [2.24, 2.45) is 11.8 Å². The standard InChI is InChI=1S/C22H40Br2O3/c1-19(9-15-23)7-13-21(11-3-5-17-25-21)27-22(12-4-6-18-26-22)14-8-20(2)10-16-24/h19-20H,3-18H2,1-2H3. The lowest BCUT2D eigenvalue weighted by Gasteiger charge is -2.47. The molecule has 2 fully saturated rings. The fourth-order valence-electron chi connectivity index (χ4n) is 4.24. The highest BCUT2D eigenvalue weighted by molar-refractivity contribution is 9.09. The predicted octanol–water partition coefficient (Wildman–Crippen LogP) is 7.20. The number of alkyl halides is 2. The zero-order valence-corrected chi connectivity index (χ0v) is 20.6. The lowest BCUT2D eigenvalue weighted by atomic mass is 9.91. The first kappa shape index (κ1) is 24.1. The lowest BCUT2D eigenvalue weighted by Crippen LogP contribution is -2.51.